The average molecular weight is 292 g/mol. The van der Waals surface area contributed by atoms with Gasteiger partial charge >= 0.3 is 0 Å². The number of anilines is 2. The second kappa shape index (κ2) is 4.93. The number of nitrogens with zero attached hydrogens (tertiary/aromatic N) is 2. The lowest BCUT2D eigenvalue weighted by Gasteiger charge is -2.07. The molecule has 0 unspecified atom stereocenters. The van der Waals surface area contributed by atoms with Gasteiger partial charge in [-0.1, -0.05) is 0 Å². The summed E-state index contributed by atoms with van der Waals surface area (Å²) in [5.74, 6) is 0.220. The van der Waals surface area contributed by atoms with Crippen LogP contribution in [0.4, 0.5) is 15.9 Å². The van der Waals surface area contributed by atoms with Crippen molar-refractivity contribution in [2.24, 2.45) is 0 Å². The van der Waals surface area contributed by atoms with Gasteiger partial charge in [0.15, 0.2) is 0 Å². The van der Waals surface area contributed by atoms with Gasteiger partial charge in [0.1, 0.15) is 11.6 Å². The third kappa shape index (κ3) is 2.80. The molecule has 1 N–H and O–H groups in total. The molecule has 3 nitrogen and oxygen atoms in total. The predicted molar refractivity (Wildman–Crippen MR) is 66.3 cm³/mol. The van der Waals surface area contributed by atoms with Crippen molar-refractivity contribution in [3.63, 3.8) is 0 Å². The maximum Gasteiger partial charge on any atom is 0.131 e. The number of hydrogen-bond donors (Lipinski definition) is 1. The van der Waals surface area contributed by atoms with Gasteiger partial charge in [0.2, 0.25) is 0 Å². The molecule has 1 aromatic heterocycles. The van der Waals surface area contributed by atoms with Crippen molar-refractivity contribution in [2.45, 2.75) is 0 Å². The number of aromatic nitrogens is 1. The van der Waals surface area contributed by atoms with Crippen molar-refractivity contribution < 1.29 is 4.39 Å². The minimum absolute atomic E-state index is 0.318. The van der Waals surface area contributed by atoms with Crippen molar-refractivity contribution in [2.75, 3.05) is 5.32 Å². The zero-order valence-corrected chi connectivity index (χ0v) is 10.2. The summed E-state index contributed by atoms with van der Waals surface area (Å²) < 4.78 is 13.5. The second-order valence-corrected chi connectivity index (χ2v) is 4.15. The summed E-state index contributed by atoms with van der Waals surface area (Å²) >= 11 is 3.24. The Bertz CT molecular complexity index is 593. The van der Waals surface area contributed by atoms with E-state index in [0.29, 0.717) is 21.5 Å². The largest absolute Gasteiger partial charge is 0.339 e. The number of halogens is 2. The monoisotopic (exact) mass is 291 g/mol. The average Bonchev–Trinajstić information content (AvgIpc) is 2.33. The van der Waals surface area contributed by atoms with Crippen molar-refractivity contribution in [3.8, 4) is 6.07 Å². The Hall–Kier alpha value is -1.93. The Morgan fingerprint density at radius 3 is 2.82 bits per heavy atom. The van der Waals surface area contributed by atoms with E-state index in [1.54, 1.807) is 18.2 Å². The Kier molecular flexibility index (Phi) is 3.35. The highest BCUT2D eigenvalue weighted by atomic mass is 79.9. The SMILES string of the molecule is N#Cc1ccnc(Nc2ccc(F)cc2Br)c1. The van der Waals surface area contributed by atoms with E-state index in [4.69, 9.17) is 5.26 Å². The maximum absolute atomic E-state index is 12.9. The summed E-state index contributed by atoms with van der Waals surface area (Å²) in [5, 5.41) is 11.8. The van der Waals surface area contributed by atoms with E-state index in [-0.39, 0.29) is 5.82 Å². The van der Waals surface area contributed by atoms with Gasteiger partial charge < -0.3 is 5.32 Å². The van der Waals surface area contributed by atoms with Gasteiger partial charge in [-0.2, -0.15) is 5.26 Å². The first-order chi connectivity index (χ1) is 8.19. The molecule has 0 fully saturated rings. The van der Waals surface area contributed by atoms with E-state index in [1.807, 2.05) is 6.07 Å². The molecule has 0 aliphatic carbocycles. The molecule has 0 radical (unpaired) electrons. The van der Waals surface area contributed by atoms with Crippen LogP contribution >= 0.6 is 15.9 Å². The highest BCUT2D eigenvalue weighted by Gasteiger charge is 2.03. The van der Waals surface area contributed by atoms with Crippen LogP contribution < -0.4 is 5.32 Å². The highest BCUT2D eigenvalue weighted by molar-refractivity contribution is 9.10. The van der Waals surface area contributed by atoms with Crippen molar-refractivity contribution in [3.05, 3.63) is 52.4 Å². The minimum atomic E-state index is -0.318. The van der Waals surface area contributed by atoms with Gasteiger partial charge in [0, 0.05) is 10.7 Å². The summed E-state index contributed by atoms with van der Waals surface area (Å²) in [5.41, 5.74) is 1.20. The van der Waals surface area contributed by atoms with E-state index >= 15 is 0 Å². The van der Waals surface area contributed by atoms with E-state index in [2.05, 4.69) is 26.2 Å². The summed E-state index contributed by atoms with van der Waals surface area (Å²) in [4.78, 5) is 4.07. The van der Waals surface area contributed by atoms with Crippen LogP contribution in [0.25, 0.3) is 0 Å². The van der Waals surface area contributed by atoms with Crippen LogP contribution in [-0.4, -0.2) is 4.98 Å². The molecule has 0 amide bonds. The normalized spacial score (nSPS) is 9.71. The van der Waals surface area contributed by atoms with Gasteiger partial charge in [-0.15, -0.1) is 0 Å². The lowest BCUT2D eigenvalue weighted by molar-refractivity contribution is 0.627. The second-order valence-electron chi connectivity index (χ2n) is 3.29. The summed E-state index contributed by atoms with van der Waals surface area (Å²) in [6, 6.07) is 9.57. The van der Waals surface area contributed by atoms with Gasteiger partial charge in [-0.25, -0.2) is 9.37 Å². The number of hydrogen-bond acceptors (Lipinski definition) is 3. The van der Waals surface area contributed by atoms with Crippen molar-refractivity contribution >= 4 is 27.4 Å². The third-order valence-corrected chi connectivity index (χ3v) is 2.74. The van der Waals surface area contributed by atoms with Crippen LogP contribution in [0.2, 0.25) is 0 Å². The molecule has 0 aliphatic rings. The Morgan fingerprint density at radius 2 is 2.12 bits per heavy atom. The van der Waals surface area contributed by atoms with Crippen molar-refractivity contribution in [1.82, 2.24) is 4.98 Å². The van der Waals surface area contributed by atoms with E-state index in [9.17, 15) is 4.39 Å². The van der Waals surface area contributed by atoms with E-state index < -0.39 is 0 Å². The number of pyridine rings is 1. The number of benzene rings is 1. The Morgan fingerprint density at radius 1 is 1.29 bits per heavy atom. The first kappa shape index (κ1) is 11.6. The molecule has 0 bridgehead atoms. The quantitative estimate of drug-likeness (QED) is 0.920. The first-order valence-corrected chi connectivity index (χ1v) is 5.56. The molecule has 1 aromatic carbocycles. The van der Waals surface area contributed by atoms with Crippen molar-refractivity contribution in [1.29, 1.82) is 5.26 Å². The van der Waals surface area contributed by atoms with Crippen LogP contribution in [0.3, 0.4) is 0 Å². The zero-order chi connectivity index (χ0) is 12.3. The molecular weight excluding hydrogens is 285 g/mol. The highest BCUT2D eigenvalue weighted by Crippen LogP contribution is 2.25. The zero-order valence-electron chi connectivity index (χ0n) is 8.61. The molecular formula is C12H7BrFN3. The molecule has 0 spiro atoms. The molecule has 2 rings (SSSR count). The summed E-state index contributed by atoms with van der Waals surface area (Å²) in [6.45, 7) is 0. The van der Waals surface area contributed by atoms with E-state index in [0.717, 1.165) is 0 Å². The molecule has 1 heterocycles. The van der Waals surface area contributed by atoms with Crippen LogP contribution in [0.15, 0.2) is 41.0 Å². The van der Waals surface area contributed by atoms with Gasteiger partial charge in [-0.05, 0) is 46.3 Å². The first-order valence-electron chi connectivity index (χ1n) is 4.77. The molecule has 84 valence electrons. The predicted octanol–water partition coefficient (Wildman–Crippen LogP) is 3.60. The smallest absolute Gasteiger partial charge is 0.131 e. The van der Waals surface area contributed by atoms with Crippen LogP contribution in [0, 0.1) is 17.1 Å². The van der Waals surface area contributed by atoms with E-state index in [1.165, 1.54) is 18.3 Å². The maximum atomic E-state index is 12.9. The topological polar surface area (TPSA) is 48.7 Å². The van der Waals surface area contributed by atoms with Crippen LogP contribution in [0.5, 0.6) is 0 Å². The van der Waals surface area contributed by atoms with Crippen LogP contribution in [0.1, 0.15) is 5.56 Å². The van der Waals surface area contributed by atoms with Gasteiger partial charge in [-0.3, -0.25) is 0 Å². The Labute approximate surface area is 106 Å². The number of nitrogens with one attached hydrogen (secondary N) is 1. The molecule has 5 heteroatoms. The molecule has 2 aromatic rings. The fraction of sp³-hybridized carbons (Fsp3) is 0. The third-order valence-electron chi connectivity index (χ3n) is 2.08. The summed E-state index contributed by atoms with van der Waals surface area (Å²) in [7, 11) is 0. The van der Waals surface area contributed by atoms with Gasteiger partial charge in [0.25, 0.3) is 0 Å². The number of rotatable bonds is 2. The lowest BCUT2D eigenvalue weighted by Crippen LogP contribution is -1.95. The lowest BCUT2D eigenvalue weighted by atomic mass is 10.2. The van der Waals surface area contributed by atoms with Gasteiger partial charge in [0.05, 0.1) is 17.3 Å². The molecule has 17 heavy (non-hydrogen) atoms. The molecule has 0 atom stereocenters. The van der Waals surface area contributed by atoms with Crippen LogP contribution in [-0.2, 0) is 0 Å². The standard InChI is InChI=1S/C12H7BrFN3/c13-10-6-9(14)1-2-11(10)17-12-5-8(7-15)3-4-16-12/h1-6H,(H,16,17). The minimum Gasteiger partial charge on any atom is -0.339 e. The fourth-order valence-corrected chi connectivity index (χ4v) is 1.75. The summed E-state index contributed by atoms with van der Waals surface area (Å²) in [6.07, 6.45) is 1.54. The fourth-order valence-electron chi connectivity index (χ4n) is 1.30. The number of nitriles is 1. The molecule has 0 saturated heterocycles. The molecule has 0 aliphatic heterocycles. The molecule has 0 saturated carbocycles. The Balaban J connectivity index is 2.28.